The summed E-state index contributed by atoms with van der Waals surface area (Å²) in [6.45, 7) is 0.842. The number of nitrogens with two attached hydrogens (primary N) is 1. The fourth-order valence-electron chi connectivity index (χ4n) is 2.47. The molecule has 1 heterocycles. The highest BCUT2D eigenvalue weighted by Crippen LogP contribution is 2.19. The van der Waals surface area contributed by atoms with Gasteiger partial charge in [0.05, 0.1) is 23.0 Å². The van der Waals surface area contributed by atoms with Gasteiger partial charge in [-0.25, -0.2) is 4.98 Å². The first-order valence-corrected chi connectivity index (χ1v) is 7.74. The molecule has 0 spiro atoms. The molecule has 7 heteroatoms. The third-order valence-electron chi connectivity index (χ3n) is 3.76. The summed E-state index contributed by atoms with van der Waals surface area (Å²) in [5, 5.41) is 19.9. The molecule has 0 aliphatic heterocycles. The lowest BCUT2D eigenvalue weighted by Crippen LogP contribution is -2.21. The highest BCUT2D eigenvalue weighted by molar-refractivity contribution is 6.45. The standard InChI is InChI=1S/C18H17N7/c19-11-16(18(20)21)24-23-14-6-7-17-15(10-14)22-12-25(17)9-8-13-4-2-1-3-5-13/h1-7,10,12,23H,8-9H2,(H3,20,21)/b24-16+. The van der Waals surface area contributed by atoms with Crippen LogP contribution in [-0.2, 0) is 13.0 Å². The zero-order chi connectivity index (χ0) is 17.6. The lowest BCUT2D eigenvalue weighted by atomic mass is 10.1. The first kappa shape index (κ1) is 16.2. The van der Waals surface area contributed by atoms with Crippen molar-refractivity contribution in [2.75, 3.05) is 5.43 Å². The second-order valence-corrected chi connectivity index (χ2v) is 5.47. The largest absolute Gasteiger partial charge is 0.382 e. The predicted octanol–water partition coefficient (Wildman–Crippen LogP) is 2.51. The molecule has 0 bridgehead atoms. The Balaban J connectivity index is 1.75. The van der Waals surface area contributed by atoms with Crippen molar-refractivity contribution in [2.24, 2.45) is 10.8 Å². The van der Waals surface area contributed by atoms with E-state index < -0.39 is 0 Å². The van der Waals surface area contributed by atoms with Crippen LogP contribution in [0.15, 0.2) is 60.0 Å². The molecule has 0 saturated carbocycles. The van der Waals surface area contributed by atoms with Gasteiger partial charge in [0.2, 0.25) is 5.71 Å². The fourth-order valence-corrected chi connectivity index (χ4v) is 2.47. The molecule has 3 aromatic rings. The molecule has 0 aliphatic carbocycles. The molecule has 0 amide bonds. The van der Waals surface area contributed by atoms with Crippen molar-refractivity contribution < 1.29 is 0 Å². The topological polar surface area (TPSA) is 116 Å². The number of nitrogens with zero attached hydrogens (tertiary/aromatic N) is 4. The Morgan fingerprint density at radius 1 is 1.28 bits per heavy atom. The van der Waals surface area contributed by atoms with Crippen LogP contribution in [0.5, 0.6) is 0 Å². The molecule has 3 rings (SSSR count). The number of aryl methyl sites for hydroxylation is 2. The SMILES string of the molecule is N#C/C(=N\Nc1ccc2c(c1)ncn2CCc1ccccc1)C(=N)N. The Morgan fingerprint density at radius 3 is 2.80 bits per heavy atom. The number of benzene rings is 2. The van der Waals surface area contributed by atoms with E-state index in [2.05, 4.69) is 32.2 Å². The molecule has 4 N–H and O–H groups in total. The van der Waals surface area contributed by atoms with E-state index in [4.69, 9.17) is 16.4 Å². The molecule has 124 valence electrons. The second kappa shape index (κ2) is 7.27. The number of anilines is 1. The molecule has 0 radical (unpaired) electrons. The Labute approximate surface area is 144 Å². The fraction of sp³-hybridized carbons (Fsp3) is 0.111. The van der Waals surface area contributed by atoms with E-state index >= 15 is 0 Å². The summed E-state index contributed by atoms with van der Waals surface area (Å²) in [5.41, 5.74) is 11.6. The monoisotopic (exact) mass is 331 g/mol. The summed E-state index contributed by atoms with van der Waals surface area (Å²) >= 11 is 0. The lowest BCUT2D eigenvalue weighted by Gasteiger charge is -2.05. The maximum absolute atomic E-state index is 8.85. The summed E-state index contributed by atoms with van der Waals surface area (Å²) in [5.74, 6) is -0.374. The van der Waals surface area contributed by atoms with E-state index in [1.807, 2.05) is 42.7 Å². The van der Waals surface area contributed by atoms with Crippen LogP contribution in [0.25, 0.3) is 11.0 Å². The number of nitriles is 1. The van der Waals surface area contributed by atoms with E-state index in [0.29, 0.717) is 5.69 Å². The highest BCUT2D eigenvalue weighted by Gasteiger charge is 2.05. The van der Waals surface area contributed by atoms with Gasteiger partial charge in [0, 0.05) is 6.54 Å². The average Bonchev–Trinajstić information content (AvgIpc) is 3.03. The number of fused-ring (bicyclic) bond motifs is 1. The smallest absolute Gasteiger partial charge is 0.201 e. The van der Waals surface area contributed by atoms with Gasteiger partial charge in [0.25, 0.3) is 0 Å². The van der Waals surface area contributed by atoms with Gasteiger partial charge in [0.15, 0.2) is 5.84 Å². The van der Waals surface area contributed by atoms with Crippen molar-refractivity contribution in [3.8, 4) is 6.07 Å². The molecular formula is C18H17N7. The van der Waals surface area contributed by atoms with Crippen LogP contribution in [0.3, 0.4) is 0 Å². The predicted molar refractivity (Wildman–Crippen MR) is 98.5 cm³/mol. The molecule has 0 atom stereocenters. The van der Waals surface area contributed by atoms with Gasteiger partial charge >= 0.3 is 0 Å². The van der Waals surface area contributed by atoms with E-state index in [0.717, 1.165) is 24.0 Å². The third kappa shape index (κ3) is 3.82. The van der Waals surface area contributed by atoms with Gasteiger partial charge in [-0.2, -0.15) is 10.4 Å². The van der Waals surface area contributed by atoms with Crippen molar-refractivity contribution in [3.05, 3.63) is 60.4 Å². The van der Waals surface area contributed by atoms with E-state index in [1.165, 1.54) is 5.56 Å². The van der Waals surface area contributed by atoms with Crippen LogP contribution >= 0.6 is 0 Å². The highest BCUT2D eigenvalue weighted by atomic mass is 15.3. The maximum atomic E-state index is 8.85. The number of hydrogen-bond donors (Lipinski definition) is 3. The maximum Gasteiger partial charge on any atom is 0.201 e. The van der Waals surface area contributed by atoms with Crippen molar-refractivity contribution >= 4 is 28.3 Å². The number of rotatable bonds is 6. The molecule has 0 saturated heterocycles. The zero-order valence-electron chi connectivity index (χ0n) is 13.5. The number of hydrogen-bond acceptors (Lipinski definition) is 5. The van der Waals surface area contributed by atoms with Crippen LogP contribution < -0.4 is 11.2 Å². The molecular weight excluding hydrogens is 314 g/mol. The summed E-state index contributed by atoms with van der Waals surface area (Å²) in [6.07, 6.45) is 2.75. The van der Waals surface area contributed by atoms with Gasteiger partial charge in [-0.1, -0.05) is 30.3 Å². The first-order valence-electron chi connectivity index (χ1n) is 7.74. The zero-order valence-corrected chi connectivity index (χ0v) is 13.5. The van der Waals surface area contributed by atoms with Gasteiger partial charge in [-0.05, 0) is 30.2 Å². The van der Waals surface area contributed by atoms with E-state index in [9.17, 15) is 0 Å². The van der Waals surface area contributed by atoms with Gasteiger partial charge in [0.1, 0.15) is 6.07 Å². The van der Waals surface area contributed by atoms with Gasteiger partial charge in [-0.3, -0.25) is 10.8 Å². The molecule has 7 nitrogen and oxygen atoms in total. The number of hydrazone groups is 1. The minimum absolute atomic E-state index is 0.159. The van der Waals surface area contributed by atoms with E-state index in [-0.39, 0.29) is 11.5 Å². The quantitative estimate of drug-likeness (QED) is 0.365. The summed E-state index contributed by atoms with van der Waals surface area (Å²) in [7, 11) is 0. The van der Waals surface area contributed by atoms with Gasteiger partial charge in [-0.15, -0.1) is 0 Å². The Kier molecular flexibility index (Phi) is 4.72. The molecule has 0 fully saturated rings. The second-order valence-electron chi connectivity index (χ2n) is 5.47. The first-order chi connectivity index (χ1) is 12.2. The van der Waals surface area contributed by atoms with Gasteiger partial charge < -0.3 is 10.3 Å². The number of nitrogens with one attached hydrogen (secondary N) is 2. The number of imidazole rings is 1. The minimum atomic E-state index is -0.374. The van der Waals surface area contributed by atoms with Crippen molar-refractivity contribution in [1.82, 2.24) is 9.55 Å². The van der Waals surface area contributed by atoms with Crippen LogP contribution in [0, 0.1) is 16.7 Å². The van der Waals surface area contributed by atoms with Crippen molar-refractivity contribution in [1.29, 1.82) is 10.7 Å². The van der Waals surface area contributed by atoms with E-state index in [1.54, 1.807) is 6.07 Å². The third-order valence-corrected chi connectivity index (χ3v) is 3.76. The normalized spacial score (nSPS) is 11.2. The summed E-state index contributed by atoms with van der Waals surface area (Å²) in [6, 6.07) is 17.7. The minimum Gasteiger partial charge on any atom is -0.382 e. The van der Waals surface area contributed by atoms with Crippen LogP contribution in [0.1, 0.15) is 5.56 Å². The summed E-state index contributed by atoms with van der Waals surface area (Å²) in [4.78, 5) is 4.42. The van der Waals surface area contributed by atoms with Crippen LogP contribution in [0.4, 0.5) is 5.69 Å². The summed E-state index contributed by atoms with van der Waals surface area (Å²) < 4.78 is 2.10. The Morgan fingerprint density at radius 2 is 2.08 bits per heavy atom. The number of aromatic nitrogens is 2. The Hall–Kier alpha value is -3.66. The van der Waals surface area contributed by atoms with Crippen LogP contribution in [0.2, 0.25) is 0 Å². The molecule has 0 aliphatic rings. The molecule has 2 aromatic carbocycles. The van der Waals surface area contributed by atoms with Crippen molar-refractivity contribution in [2.45, 2.75) is 13.0 Å². The average molecular weight is 331 g/mol. The van der Waals surface area contributed by atoms with Crippen molar-refractivity contribution in [3.63, 3.8) is 0 Å². The number of amidine groups is 1. The molecule has 0 unspecified atom stereocenters. The van der Waals surface area contributed by atoms with Crippen LogP contribution in [-0.4, -0.2) is 21.1 Å². The molecule has 25 heavy (non-hydrogen) atoms. The lowest BCUT2D eigenvalue weighted by molar-refractivity contribution is 0.716. The molecule has 1 aromatic heterocycles. The Bertz CT molecular complexity index is 964.